The molecular weight excluding hydrogens is 192 g/mol. The van der Waals surface area contributed by atoms with E-state index in [0.29, 0.717) is 6.04 Å². The number of nitrogens with one attached hydrogen (secondary N) is 1. The van der Waals surface area contributed by atoms with E-state index in [0.717, 1.165) is 11.2 Å². The number of H-pyrrole nitrogens is 1. The molecule has 0 radical (unpaired) electrons. The first-order valence-corrected chi connectivity index (χ1v) is 5.65. The van der Waals surface area contributed by atoms with Crippen LogP contribution in [0.4, 0.5) is 0 Å². The van der Waals surface area contributed by atoms with Crippen LogP contribution in [0, 0.1) is 4.64 Å². The number of hydrogen-bond donors (Lipinski definition) is 1. The number of pyridine rings is 1. The van der Waals surface area contributed by atoms with Gasteiger partial charge >= 0.3 is 0 Å². The van der Waals surface area contributed by atoms with Crippen molar-refractivity contribution in [3.05, 3.63) is 28.5 Å². The van der Waals surface area contributed by atoms with Gasteiger partial charge in [0, 0.05) is 17.8 Å². The highest BCUT2D eigenvalue weighted by Crippen LogP contribution is 2.31. The zero-order valence-electron chi connectivity index (χ0n) is 8.49. The van der Waals surface area contributed by atoms with Crippen molar-refractivity contribution < 1.29 is 0 Å². The normalized spacial score (nSPS) is 22.8. The Morgan fingerprint density at radius 1 is 1.64 bits per heavy atom. The van der Waals surface area contributed by atoms with E-state index in [1.165, 1.54) is 24.9 Å². The Hall–Kier alpha value is -0.670. The van der Waals surface area contributed by atoms with Gasteiger partial charge in [0.05, 0.1) is 0 Å². The molecule has 76 valence electrons. The molecule has 14 heavy (non-hydrogen) atoms. The third kappa shape index (κ3) is 1.74. The fourth-order valence-corrected chi connectivity index (χ4v) is 2.53. The molecule has 1 saturated heterocycles. The Balaban J connectivity index is 2.30. The van der Waals surface area contributed by atoms with Crippen molar-refractivity contribution in [1.82, 2.24) is 9.88 Å². The molecule has 0 unspecified atom stereocenters. The van der Waals surface area contributed by atoms with Crippen molar-refractivity contribution in [2.24, 2.45) is 0 Å². The van der Waals surface area contributed by atoms with Crippen LogP contribution in [0.3, 0.4) is 0 Å². The maximum absolute atomic E-state index is 5.31. The summed E-state index contributed by atoms with van der Waals surface area (Å²) in [7, 11) is 0. The quantitative estimate of drug-likeness (QED) is 0.754. The molecule has 1 N–H and O–H groups in total. The summed E-state index contributed by atoms with van der Waals surface area (Å²) in [6, 6.07) is 4.74. The van der Waals surface area contributed by atoms with Crippen LogP contribution < -0.4 is 0 Å². The molecule has 2 rings (SSSR count). The number of likely N-dealkylation sites (tertiary alicyclic amines) is 1. The van der Waals surface area contributed by atoms with Crippen LogP contribution >= 0.6 is 12.2 Å². The molecule has 0 bridgehead atoms. The summed E-state index contributed by atoms with van der Waals surface area (Å²) in [6.07, 6.45) is 4.44. The summed E-state index contributed by atoms with van der Waals surface area (Å²) in [6.45, 7) is 4.55. The van der Waals surface area contributed by atoms with Gasteiger partial charge in [-0.3, -0.25) is 4.90 Å². The van der Waals surface area contributed by atoms with Gasteiger partial charge in [-0.05, 0) is 32.0 Å². The van der Waals surface area contributed by atoms with E-state index in [2.05, 4.69) is 22.9 Å². The molecule has 1 aliphatic heterocycles. The standard InChI is InChI=1S/C11H16N2S/c1-2-13-8-4-6-10(13)9-5-3-7-12-11(9)14/h3,5,7,10H,2,4,6,8H2,1H3,(H,12,14)/t10-/m0/s1. The number of aromatic amines is 1. The van der Waals surface area contributed by atoms with Crippen LogP contribution in [0.15, 0.2) is 18.3 Å². The first-order chi connectivity index (χ1) is 6.83. The van der Waals surface area contributed by atoms with Crippen LogP contribution in [0.5, 0.6) is 0 Å². The Labute approximate surface area is 90.0 Å². The van der Waals surface area contributed by atoms with Crippen LogP contribution in [0.1, 0.15) is 31.4 Å². The smallest absolute Gasteiger partial charge is 0.108 e. The zero-order valence-corrected chi connectivity index (χ0v) is 9.31. The second-order valence-corrected chi connectivity index (χ2v) is 4.15. The monoisotopic (exact) mass is 208 g/mol. The van der Waals surface area contributed by atoms with E-state index in [4.69, 9.17) is 12.2 Å². The molecule has 0 amide bonds. The fourth-order valence-electron chi connectivity index (χ4n) is 2.25. The first kappa shape index (κ1) is 9.87. The highest BCUT2D eigenvalue weighted by Gasteiger charge is 2.25. The van der Waals surface area contributed by atoms with Gasteiger partial charge < -0.3 is 4.98 Å². The number of aromatic nitrogens is 1. The van der Waals surface area contributed by atoms with Gasteiger partial charge in [-0.15, -0.1) is 0 Å². The largest absolute Gasteiger partial charge is 0.353 e. The van der Waals surface area contributed by atoms with E-state index >= 15 is 0 Å². The molecule has 0 aliphatic carbocycles. The lowest BCUT2D eigenvalue weighted by Crippen LogP contribution is -2.22. The van der Waals surface area contributed by atoms with E-state index < -0.39 is 0 Å². The molecule has 0 aromatic carbocycles. The topological polar surface area (TPSA) is 19.0 Å². The molecule has 2 heterocycles. The van der Waals surface area contributed by atoms with Gasteiger partial charge in [-0.2, -0.15) is 0 Å². The van der Waals surface area contributed by atoms with Crippen molar-refractivity contribution in [2.75, 3.05) is 13.1 Å². The summed E-state index contributed by atoms with van der Waals surface area (Å²) in [5.74, 6) is 0. The molecule has 1 aromatic heterocycles. The van der Waals surface area contributed by atoms with E-state index in [1.54, 1.807) is 0 Å². The summed E-state index contributed by atoms with van der Waals surface area (Å²) >= 11 is 5.31. The minimum atomic E-state index is 0.546. The van der Waals surface area contributed by atoms with Crippen LogP contribution in [0.2, 0.25) is 0 Å². The van der Waals surface area contributed by atoms with Crippen LogP contribution in [-0.2, 0) is 0 Å². The summed E-state index contributed by atoms with van der Waals surface area (Å²) in [5.41, 5.74) is 1.29. The van der Waals surface area contributed by atoms with Crippen molar-refractivity contribution >= 4 is 12.2 Å². The zero-order chi connectivity index (χ0) is 9.97. The van der Waals surface area contributed by atoms with Gasteiger partial charge in [-0.1, -0.05) is 25.2 Å². The van der Waals surface area contributed by atoms with Crippen molar-refractivity contribution in [3.63, 3.8) is 0 Å². The molecule has 1 atom stereocenters. The van der Waals surface area contributed by atoms with Crippen molar-refractivity contribution in [1.29, 1.82) is 0 Å². The fraction of sp³-hybridized carbons (Fsp3) is 0.545. The number of rotatable bonds is 2. The summed E-state index contributed by atoms with van der Waals surface area (Å²) in [4.78, 5) is 5.61. The molecule has 0 saturated carbocycles. The predicted molar refractivity (Wildman–Crippen MR) is 60.8 cm³/mol. The summed E-state index contributed by atoms with van der Waals surface area (Å²) < 4.78 is 0.901. The lowest BCUT2D eigenvalue weighted by Gasteiger charge is -2.22. The molecule has 1 aromatic rings. The highest BCUT2D eigenvalue weighted by molar-refractivity contribution is 7.71. The second kappa shape index (κ2) is 4.24. The maximum atomic E-state index is 5.31. The SMILES string of the molecule is CCN1CCC[C@H]1c1ccc[nH]c1=S. The van der Waals surface area contributed by atoms with E-state index in [1.807, 2.05) is 12.3 Å². The molecule has 0 spiro atoms. The Morgan fingerprint density at radius 2 is 2.50 bits per heavy atom. The average Bonchev–Trinajstić information content (AvgIpc) is 2.66. The molecule has 1 aliphatic rings. The molecular formula is C11H16N2S. The molecule has 3 heteroatoms. The van der Waals surface area contributed by atoms with E-state index in [-0.39, 0.29) is 0 Å². The highest BCUT2D eigenvalue weighted by atomic mass is 32.1. The third-order valence-corrected chi connectivity index (χ3v) is 3.33. The molecule has 1 fully saturated rings. The Morgan fingerprint density at radius 3 is 3.21 bits per heavy atom. The van der Waals surface area contributed by atoms with Crippen LogP contribution in [-0.4, -0.2) is 23.0 Å². The lowest BCUT2D eigenvalue weighted by molar-refractivity contribution is 0.270. The minimum Gasteiger partial charge on any atom is -0.353 e. The van der Waals surface area contributed by atoms with E-state index in [9.17, 15) is 0 Å². The van der Waals surface area contributed by atoms with Gasteiger partial charge in [-0.25, -0.2) is 0 Å². The minimum absolute atomic E-state index is 0.546. The second-order valence-electron chi connectivity index (χ2n) is 3.74. The first-order valence-electron chi connectivity index (χ1n) is 5.24. The Bertz CT molecular complexity index is 358. The summed E-state index contributed by atoms with van der Waals surface area (Å²) in [5, 5.41) is 0. The Kier molecular flexibility index (Phi) is 2.99. The van der Waals surface area contributed by atoms with Gasteiger partial charge in [0.2, 0.25) is 0 Å². The van der Waals surface area contributed by atoms with Gasteiger partial charge in [0.15, 0.2) is 0 Å². The third-order valence-electron chi connectivity index (χ3n) is 2.98. The molecule has 2 nitrogen and oxygen atoms in total. The number of hydrogen-bond acceptors (Lipinski definition) is 2. The van der Waals surface area contributed by atoms with Crippen LogP contribution in [0.25, 0.3) is 0 Å². The maximum Gasteiger partial charge on any atom is 0.108 e. The van der Waals surface area contributed by atoms with Gasteiger partial charge in [0.1, 0.15) is 4.64 Å². The number of nitrogens with zero attached hydrogens (tertiary/aromatic N) is 1. The van der Waals surface area contributed by atoms with Crippen molar-refractivity contribution in [2.45, 2.75) is 25.8 Å². The average molecular weight is 208 g/mol. The lowest BCUT2D eigenvalue weighted by atomic mass is 10.1. The van der Waals surface area contributed by atoms with Gasteiger partial charge in [0.25, 0.3) is 0 Å². The predicted octanol–water partition coefficient (Wildman–Crippen LogP) is 2.90. The van der Waals surface area contributed by atoms with Crippen molar-refractivity contribution in [3.8, 4) is 0 Å².